The van der Waals surface area contributed by atoms with Crippen molar-refractivity contribution in [2.75, 3.05) is 70.9 Å². The molecule has 2 rings (SSSR count). The average Bonchev–Trinajstić information content (AvgIpc) is 2.55. The minimum Gasteiger partial charge on any atom is -0.478 e. The summed E-state index contributed by atoms with van der Waals surface area (Å²) in [6.07, 6.45) is 0. The van der Waals surface area contributed by atoms with Crippen LogP contribution >= 0.6 is 0 Å². The Balaban J connectivity index is 2.22. The standard InChI is InChI=1S/C17H27N3O4/c1-19-6-8-20(9-7-19)14-4-5-15(17(21)22)16(10-14)18-13(11-23-2)12-24-3/h4-5,10,13,18H,6-9,11-12H2,1-3H3,(H,21,22). The molecule has 1 fully saturated rings. The summed E-state index contributed by atoms with van der Waals surface area (Å²) in [6, 6.07) is 5.34. The quantitative estimate of drug-likeness (QED) is 0.738. The molecule has 24 heavy (non-hydrogen) atoms. The zero-order chi connectivity index (χ0) is 17.5. The highest BCUT2D eigenvalue weighted by Crippen LogP contribution is 2.25. The van der Waals surface area contributed by atoms with Crippen molar-refractivity contribution in [3.63, 3.8) is 0 Å². The number of likely N-dealkylation sites (N-methyl/N-ethyl adjacent to an activating group) is 1. The summed E-state index contributed by atoms with van der Waals surface area (Å²) in [5.74, 6) is -0.948. The molecular weight excluding hydrogens is 310 g/mol. The molecule has 7 nitrogen and oxygen atoms in total. The number of piperazine rings is 1. The number of methoxy groups -OCH3 is 2. The Hall–Kier alpha value is -1.83. The van der Waals surface area contributed by atoms with Gasteiger partial charge in [0.1, 0.15) is 0 Å². The van der Waals surface area contributed by atoms with Gasteiger partial charge in [0.05, 0.1) is 30.5 Å². The summed E-state index contributed by atoms with van der Waals surface area (Å²) < 4.78 is 10.4. The summed E-state index contributed by atoms with van der Waals surface area (Å²) in [6.45, 7) is 4.74. The minimum absolute atomic E-state index is 0.110. The van der Waals surface area contributed by atoms with Gasteiger partial charge in [0.15, 0.2) is 0 Å². The Kier molecular flexibility index (Phi) is 6.84. The van der Waals surface area contributed by atoms with Gasteiger partial charge >= 0.3 is 5.97 Å². The Morgan fingerprint density at radius 1 is 1.21 bits per heavy atom. The largest absolute Gasteiger partial charge is 0.478 e. The van der Waals surface area contributed by atoms with Gasteiger partial charge in [-0.05, 0) is 25.2 Å². The number of carbonyl (C=O) groups is 1. The van der Waals surface area contributed by atoms with E-state index in [0.717, 1.165) is 31.9 Å². The first kappa shape index (κ1) is 18.5. The van der Waals surface area contributed by atoms with E-state index in [0.29, 0.717) is 18.9 Å². The van der Waals surface area contributed by atoms with E-state index < -0.39 is 5.97 Å². The second-order valence-electron chi connectivity index (χ2n) is 6.08. The van der Waals surface area contributed by atoms with Crippen molar-refractivity contribution in [3.05, 3.63) is 23.8 Å². The van der Waals surface area contributed by atoms with Crippen LogP contribution in [0.4, 0.5) is 11.4 Å². The van der Waals surface area contributed by atoms with Crippen LogP contribution in [0.3, 0.4) is 0 Å². The molecule has 0 aliphatic carbocycles. The van der Waals surface area contributed by atoms with E-state index in [1.54, 1.807) is 20.3 Å². The first-order valence-corrected chi connectivity index (χ1v) is 8.10. The third-order valence-corrected chi connectivity index (χ3v) is 4.20. The highest BCUT2D eigenvalue weighted by Gasteiger charge is 2.19. The number of rotatable bonds is 8. The summed E-state index contributed by atoms with van der Waals surface area (Å²) in [5, 5.41) is 12.7. The number of aromatic carboxylic acids is 1. The fraction of sp³-hybridized carbons (Fsp3) is 0.588. The molecule has 1 heterocycles. The molecule has 1 aliphatic rings. The Bertz CT molecular complexity index is 539. The van der Waals surface area contributed by atoms with E-state index in [9.17, 15) is 9.90 Å². The van der Waals surface area contributed by atoms with Gasteiger partial charge < -0.3 is 29.7 Å². The van der Waals surface area contributed by atoms with Crippen LogP contribution in [0, 0.1) is 0 Å². The van der Waals surface area contributed by atoms with Gasteiger partial charge in [0.25, 0.3) is 0 Å². The molecule has 0 spiro atoms. The molecule has 2 N–H and O–H groups in total. The summed E-state index contributed by atoms with van der Waals surface area (Å²) >= 11 is 0. The predicted molar refractivity (Wildman–Crippen MR) is 94.3 cm³/mol. The second-order valence-corrected chi connectivity index (χ2v) is 6.08. The van der Waals surface area contributed by atoms with Gasteiger partial charge in [-0.1, -0.05) is 0 Å². The number of hydrogen-bond acceptors (Lipinski definition) is 6. The summed E-state index contributed by atoms with van der Waals surface area (Å²) in [7, 11) is 5.34. The lowest BCUT2D eigenvalue weighted by Gasteiger charge is -2.34. The van der Waals surface area contributed by atoms with Gasteiger partial charge in [-0.25, -0.2) is 4.79 Å². The van der Waals surface area contributed by atoms with Crippen molar-refractivity contribution in [1.82, 2.24) is 4.90 Å². The van der Waals surface area contributed by atoms with E-state index in [1.807, 2.05) is 12.1 Å². The number of carboxylic acids is 1. The van der Waals surface area contributed by atoms with E-state index in [1.165, 1.54) is 0 Å². The fourth-order valence-corrected chi connectivity index (χ4v) is 2.85. The number of hydrogen-bond donors (Lipinski definition) is 2. The summed E-state index contributed by atoms with van der Waals surface area (Å²) in [4.78, 5) is 16.1. The number of carboxylic acid groups (broad SMARTS) is 1. The van der Waals surface area contributed by atoms with Crippen LogP contribution < -0.4 is 10.2 Å². The zero-order valence-electron chi connectivity index (χ0n) is 14.6. The number of nitrogens with one attached hydrogen (secondary N) is 1. The maximum absolute atomic E-state index is 11.5. The van der Waals surface area contributed by atoms with Crippen LogP contribution in [0.15, 0.2) is 18.2 Å². The molecule has 0 atom stereocenters. The van der Waals surface area contributed by atoms with E-state index in [-0.39, 0.29) is 11.6 Å². The Morgan fingerprint density at radius 3 is 2.38 bits per heavy atom. The van der Waals surface area contributed by atoms with Gasteiger partial charge in [0.2, 0.25) is 0 Å². The third-order valence-electron chi connectivity index (χ3n) is 4.20. The molecule has 0 bridgehead atoms. The molecule has 0 aromatic heterocycles. The number of anilines is 2. The number of nitrogens with zero attached hydrogens (tertiary/aromatic N) is 2. The van der Waals surface area contributed by atoms with Crippen molar-refractivity contribution in [3.8, 4) is 0 Å². The first-order valence-electron chi connectivity index (χ1n) is 8.10. The van der Waals surface area contributed by atoms with Gasteiger partial charge in [-0.3, -0.25) is 0 Å². The van der Waals surface area contributed by atoms with Crippen molar-refractivity contribution in [2.45, 2.75) is 6.04 Å². The van der Waals surface area contributed by atoms with Crippen molar-refractivity contribution >= 4 is 17.3 Å². The smallest absolute Gasteiger partial charge is 0.337 e. The normalized spacial score (nSPS) is 15.8. The highest BCUT2D eigenvalue weighted by atomic mass is 16.5. The van der Waals surface area contributed by atoms with Crippen LogP contribution in [-0.2, 0) is 9.47 Å². The average molecular weight is 337 g/mol. The monoisotopic (exact) mass is 337 g/mol. The number of benzene rings is 1. The minimum atomic E-state index is -0.948. The van der Waals surface area contributed by atoms with E-state index in [2.05, 4.69) is 22.2 Å². The van der Waals surface area contributed by atoms with Crippen molar-refractivity contribution < 1.29 is 19.4 Å². The lowest BCUT2D eigenvalue weighted by Crippen LogP contribution is -2.44. The van der Waals surface area contributed by atoms with Crippen LogP contribution in [0.25, 0.3) is 0 Å². The second kappa shape index (κ2) is 8.86. The van der Waals surface area contributed by atoms with E-state index >= 15 is 0 Å². The molecule has 7 heteroatoms. The van der Waals surface area contributed by atoms with Crippen LogP contribution in [0.5, 0.6) is 0 Å². The molecule has 0 saturated carbocycles. The Labute approximate surface area is 143 Å². The van der Waals surface area contributed by atoms with Crippen molar-refractivity contribution in [1.29, 1.82) is 0 Å². The topological polar surface area (TPSA) is 74.3 Å². The molecule has 0 radical (unpaired) electrons. The molecule has 0 unspecified atom stereocenters. The molecular formula is C17H27N3O4. The van der Waals surface area contributed by atoms with Gasteiger partial charge in [-0.2, -0.15) is 0 Å². The predicted octanol–water partition coefficient (Wildman–Crippen LogP) is 1.21. The maximum Gasteiger partial charge on any atom is 0.337 e. The Morgan fingerprint density at radius 2 is 1.83 bits per heavy atom. The SMILES string of the molecule is COCC(COC)Nc1cc(N2CCN(C)CC2)ccc1C(=O)O. The molecule has 1 aliphatic heterocycles. The molecule has 1 saturated heterocycles. The molecule has 0 amide bonds. The molecule has 1 aromatic rings. The van der Waals surface area contributed by atoms with Crippen molar-refractivity contribution in [2.24, 2.45) is 0 Å². The third kappa shape index (κ3) is 4.83. The molecule has 1 aromatic carbocycles. The van der Waals surface area contributed by atoms with Crippen LogP contribution in [-0.4, -0.2) is 82.7 Å². The van der Waals surface area contributed by atoms with E-state index in [4.69, 9.17) is 9.47 Å². The zero-order valence-corrected chi connectivity index (χ0v) is 14.6. The summed E-state index contributed by atoms with van der Waals surface area (Å²) in [5.41, 5.74) is 1.88. The first-order chi connectivity index (χ1) is 11.5. The van der Waals surface area contributed by atoms with Gasteiger partial charge in [-0.15, -0.1) is 0 Å². The maximum atomic E-state index is 11.5. The molecule has 134 valence electrons. The van der Waals surface area contributed by atoms with Crippen LogP contribution in [0.2, 0.25) is 0 Å². The fourth-order valence-electron chi connectivity index (χ4n) is 2.85. The van der Waals surface area contributed by atoms with Gasteiger partial charge in [0, 0.05) is 46.1 Å². The number of ether oxygens (including phenoxy) is 2. The lowest BCUT2D eigenvalue weighted by molar-refractivity contribution is 0.0697. The van der Waals surface area contributed by atoms with Crippen LogP contribution in [0.1, 0.15) is 10.4 Å². The highest BCUT2D eigenvalue weighted by molar-refractivity contribution is 5.95. The lowest BCUT2D eigenvalue weighted by atomic mass is 10.1.